The van der Waals surface area contributed by atoms with Crippen LogP contribution >= 0.6 is 0 Å². The number of hydrogen-bond acceptors (Lipinski definition) is 4. The highest BCUT2D eigenvalue weighted by Crippen LogP contribution is 2.24. The van der Waals surface area contributed by atoms with Crippen molar-refractivity contribution in [2.75, 3.05) is 5.32 Å². The minimum atomic E-state index is -4.79. The first-order chi connectivity index (χ1) is 12.6. The monoisotopic (exact) mass is 381 g/mol. The number of anilines is 1. The van der Waals surface area contributed by atoms with Crippen molar-refractivity contribution in [1.82, 2.24) is 0 Å². The average Bonchev–Trinajstić information content (AvgIpc) is 2.57. The molecule has 1 N–H and O–H groups in total. The Morgan fingerprint density at radius 2 is 1.63 bits per heavy atom. The van der Waals surface area contributed by atoms with Gasteiger partial charge in [0, 0.05) is 5.69 Å². The molecule has 0 aliphatic heterocycles. The first-order valence-electron chi connectivity index (χ1n) is 8.04. The molecule has 0 aliphatic carbocycles. The molecule has 2 aromatic rings. The van der Waals surface area contributed by atoms with E-state index in [2.05, 4.69) is 10.1 Å². The van der Waals surface area contributed by atoms with Gasteiger partial charge >= 0.3 is 12.3 Å². The van der Waals surface area contributed by atoms with Crippen LogP contribution in [0.3, 0.4) is 0 Å². The van der Waals surface area contributed by atoms with Crippen molar-refractivity contribution in [3.05, 3.63) is 59.7 Å². The summed E-state index contributed by atoms with van der Waals surface area (Å²) in [7, 11) is 0. The average molecular weight is 381 g/mol. The van der Waals surface area contributed by atoms with Crippen LogP contribution in [0.25, 0.3) is 0 Å². The Morgan fingerprint density at radius 1 is 1.04 bits per heavy atom. The third kappa shape index (κ3) is 7.01. The minimum Gasteiger partial charge on any atom is -0.452 e. The van der Waals surface area contributed by atoms with E-state index in [4.69, 9.17) is 4.74 Å². The zero-order valence-electron chi connectivity index (χ0n) is 14.7. The van der Waals surface area contributed by atoms with Gasteiger partial charge < -0.3 is 14.8 Å². The number of alkyl halides is 3. The zero-order valence-corrected chi connectivity index (χ0v) is 14.7. The van der Waals surface area contributed by atoms with E-state index in [0.717, 1.165) is 23.3 Å². The molecule has 2 aromatic carbocycles. The van der Waals surface area contributed by atoms with Crippen LogP contribution in [0.1, 0.15) is 18.1 Å². The Morgan fingerprint density at radius 3 is 2.19 bits per heavy atom. The van der Waals surface area contributed by atoms with Crippen molar-refractivity contribution in [1.29, 1.82) is 0 Å². The van der Waals surface area contributed by atoms with Crippen LogP contribution in [0, 0.1) is 6.92 Å². The second-order valence-corrected chi connectivity index (χ2v) is 5.86. The molecule has 1 amide bonds. The molecule has 0 unspecified atom stereocenters. The second-order valence-electron chi connectivity index (χ2n) is 5.86. The quantitative estimate of drug-likeness (QED) is 0.768. The molecular weight excluding hydrogens is 363 g/mol. The Hall–Kier alpha value is -3.03. The minimum absolute atomic E-state index is 0.0291. The lowest BCUT2D eigenvalue weighted by atomic mass is 10.1. The predicted molar refractivity (Wildman–Crippen MR) is 92.2 cm³/mol. The molecule has 0 spiro atoms. The number of carbonyl (C=O) groups is 2. The number of nitrogens with one attached hydrogen (secondary N) is 1. The maximum Gasteiger partial charge on any atom is 0.573 e. The Bertz CT molecular complexity index is 786. The van der Waals surface area contributed by atoms with Crippen LogP contribution < -0.4 is 10.1 Å². The summed E-state index contributed by atoms with van der Waals surface area (Å²) < 4.78 is 45.2. The highest BCUT2D eigenvalue weighted by Gasteiger charge is 2.31. The highest BCUT2D eigenvalue weighted by atomic mass is 19.4. The van der Waals surface area contributed by atoms with Gasteiger partial charge in [0.1, 0.15) is 5.75 Å². The van der Waals surface area contributed by atoms with E-state index in [1.54, 1.807) is 12.1 Å². The maximum absolute atomic E-state index is 12.1. The number of benzene rings is 2. The largest absolute Gasteiger partial charge is 0.573 e. The predicted octanol–water partition coefficient (Wildman–Crippen LogP) is 4.01. The van der Waals surface area contributed by atoms with Gasteiger partial charge in [-0.2, -0.15) is 0 Å². The number of hydrogen-bond donors (Lipinski definition) is 1. The van der Waals surface area contributed by atoms with Gasteiger partial charge in [0.25, 0.3) is 5.91 Å². The van der Waals surface area contributed by atoms with Gasteiger partial charge in [-0.1, -0.05) is 29.8 Å². The topological polar surface area (TPSA) is 64.6 Å². The number of amides is 1. The van der Waals surface area contributed by atoms with Crippen molar-refractivity contribution in [2.45, 2.75) is 32.7 Å². The van der Waals surface area contributed by atoms with Crippen molar-refractivity contribution in [3.8, 4) is 5.75 Å². The first kappa shape index (κ1) is 20.3. The van der Waals surface area contributed by atoms with E-state index in [1.165, 1.54) is 19.1 Å². The molecule has 27 heavy (non-hydrogen) atoms. The second kappa shape index (κ2) is 8.57. The summed E-state index contributed by atoms with van der Waals surface area (Å²) in [6.45, 7) is 3.33. The van der Waals surface area contributed by atoms with Gasteiger partial charge in [0.2, 0.25) is 0 Å². The molecule has 0 heterocycles. The molecule has 0 bridgehead atoms. The summed E-state index contributed by atoms with van der Waals surface area (Å²) in [5.74, 6) is -1.56. The lowest BCUT2D eigenvalue weighted by Crippen LogP contribution is -2.30. The van der Waals surface area contributed by atoms with Gasteiger partial charge in [-0.15, -0.1) is 13.2 Å². The van der Waals surface area contributed by atoms with Crippen LogP contribution in [-0.2, 0) is 20.7 Å². The summed E-state index contributed by atoms with van der Waals surface area (Å²) in [5, 5.41) is 2.46. The maximum atomic E-state index is 12.1. The summed E-state index contributed by atoms with van der Waals surface area (Å²) in [6, 6.07) is 12.0. The van der Waals surface area contributed by atoms with Gasteiger partial charge in [-0.3, -0.25) is 9.59 Å². The van der Waals surface area contributed by atoms with Gasteiger partial charge in [0.05, 0.1) is 6.42 Å². The van der Waals surface area contributed by atoms with Crippen molar-refractivity contribution < 1.29 is 32.2 Å². The number of rotatable bonds is 6. The summed E-state index contributed by atoms with van der Waals surface area (Å²) in [5.41, 5.74) is 2.07. The summed E-state index contributed by atoms with van der Waals surface area (Å²) in [6.07, 6.45) is -5.82. The van der Waals surface area contributed by atoms with E-state index in [1.807, 2.05) is 19.1 Å². The van der Waals surface area contributed by atoms with Crippen LogP contribution in [0.4, 0.5) is 18.9 Å². The molecule has 2 rings (SSSR count). The van der Waals surface area contributed by atoms with E-state index in [-0.39, 0.29) is 12.1 Å². The van der Waals surface area contributed by atoms with Gasteiger partial charge in [0.15, 0.2) is 6.10 Å². The van der Waals surface area contributed by atoms with Crippen molar-refractivity contribution in [2.24, 2.45) is 0 Å². The number of ether oxygens (including phenoxy) is 2. The summed E-state index contributed by atoms with van der Waals surface area (Å²) in [4.78, 5) is 24.0. The van der Waals surface area contributed by atoms with E-state index < -0.39 is 30.1 Å². The fraction of sp³-hybridized carbons (Fsp3) is 0.263. The lowest BCUT2D eigenvalue weighted by Gasteiger charge is -2.14. The summed E-state index contributed by atoms with van der Waals surface area (Å²) >= 11 is 0. The van der Waals surface area contributed by atoms with Crippen LogP contribution in [0.15, 0.2) is 48.5 Å². The normalized spacial score (nSPS) is 12.2. The molecule has 144 valence electrons. The van der Waals surface area contributed by atoms with Crippen LogP contribution in [0.2, 0.25) is 0 Å². The fourth-order valence-corrected chi connectivity index (χ4v) is 2.15. The molecule has 8 heteroatoms. The Labute approximate surface area is 154 Å². The standard InChI is InChI=1S/C19H18F3NO4/c1-12-3-5-14(6-4-12)11-17(24)26-13(2)18(25)23-15-7-9-16(10-8-15)27-19(20,21)22/h3-10,13H,11H2,1-2H3,(H,23,25)/t13-/m1/s1. The smallest absolute Gasteiger partial charge is 0.452 e. The number of aryl methyl sites for hydroxylation is 1. The third-order valence-corrected chi connectivity index (χ3v) is 3.50. The van der Waals surface area contributed by atoms with Crippen molar-refractivity contribution in [3.63, 3.8) is 0 Å². The molecule has 1 atom stereocenters. The van der Waals surface area contributed by atoms with Crippen LogP contribution in [-0.4, -0.2) is 24.3 Å². The molecule has 0 fully saturated rings. The molecule has 0 aliphatic rings. The van der Waals surface area contributed by atoms with Crippen molar-refractivity contribution >= 4 is 17.6 Å². The lowest BCUT2D eigenvalue weighted by molar-refractivity contribution is -0.274. The molecule has 0 saturated heterocycles. The van der Waals surface area contributed by atoms with E-state index in [0.29, 0.717) is 0 Å². The Balaban J connectivity index is 1.85. The molecule has 0 radical (unpaired) electrons. The molecule has 0 saturated carbocycles. The molecule has 0 aromatic heterocycles. The van der Waals surface area contributed by atoms with E-state index >= 15 is 0 Å². The van der Waals surface area contributed by atoms with Gasteiger partial charge in [-0.05, 0) is 43.7 Å². The SMILES string of the molecule is Cc1ccc(CC(=O)O[C@H](C)C(=O)Nc2ccc(OC(F)(F)F)cc2)cc1. The third-order valence-electron chi connectivity index (χ3n) is 3.50. The number of esters is 1. The zero-order chi connectivity index (χ0) is 20.0. The van der Waals surface area contributed by atoms with E-state index in [9.17, 15) is 22.8 Å². The number of halogens is 3. The van der Waals surface area contributed by atoms with Crippen LogP contribution in [0.5, 0.6) is 5.75 Å². The molecular formula is C19H18F3NO4. The van der Waals surface area contributed by atoms with Gasteiger partial charge in [-0.25, -0.2) is 0 Å². The highest BCUT2D eigenvalue weighted by molar-refractivity contribution is 5.95. The molecule has 5 nitrogen and oxygen atoms in total. The number of carbonyl (C=O) groups excluding carboxylic acids is 2. The first-order valence-corrected chi connectivity index (χ1v) is 8.04. The fourth-order valence-electron chi connectivity index (χ4n) is 2.15. The Kier molecular flexibility index (Phi) is 6.44.